The number of piperidine rings is 2. The summed E-state index contributed by atoms with van der Waals surface area (Å²) in [6.45, 7) is 4.22. The smallest absolute Gasteiger partial charge is 1.00 e. The number of rotatable bonds is 3. The molecule has 0 N–H and O–H groups in total. The summed E-state index contributed by atoms with van der Waals surface area (Å²) in [6.07, 6.45) is 6.76. The molecule has 4 rings (SSSR count). The van der Waals surface area contributed by atoms with Gasteiger partial charge in [0, 0.05) is 18.1 Å². The summed E-state index contributed by atoms with van der Waals surface area (Å²) in [5.74, 6) is -3.24. The third kappa shape index (κ3) is 13.2. The van der Waals surface area contributed by atoms with Crippen LogP contribution in [0.5, 0.6) is 0 Å². The molecule has 2 aliphatic heterocycles. The zero-order valence-electron chi connectivity index (χ0n) is 20.7. The molecule has 4 nitrogen and oxygen atoms in total. The van der Waals surface area contributed by atoms with E-state index in [4.69, 9.17) is 0 Å². The van der Waals surface area contributed by atoms with Gasteiger partial charge >= 0.3 is 23.1 Å². The van der Waals surface area contributed by atoms with Crippen LogP contribution in [0.1, 0.15) is 53.8 Å². The van der Waals surface area contributed by atoms with Crippen LogP contribution in [0.3, 0.4) is 0 Å². The van der Waals surface area contributed by atoms with Crippen LogP contribution in [-0.4, -0.2) is 85.2 Å². The molecule has 2 fully saturated rings. The first-order valence-corrected chi connectivity index (χ1v) is 11.3. The van der Waals surface area contributed by atoms with Gasteiger partial charge in [0.15, 0.2) is 12.1 Å². The summed E-state index contributed by atoms with van der Waals surface area (Å²) in [4.78, 5) is 26.5. The second kappa shape index (κ2) is 19.5. The third-order valence-electron chi connectivity index (χ3n) is 5.81. The Labute approximate surface area is 240 Å². The molecule has 0 saturated carbocycles. The molecule has 10 heteroatoms. The van der Waals surface area contributed by atoms with Crippen LogP contribution in [0, 0.1) is 35.6 Å². The second-order valence-corrected chi connectivity index (χ2v) is 8.52. The first kappa shape index (κ1) is 37.6. The molecule has 37 heavy (non-hydrogen) atoms. The SMILES string of the molecule is C.CN1CCC(C(=O)c2ccc(F)cc2F)CC1.CN1CC[CH-]CC1.O=Cc1ccc(F)cc1F.[Cl-].[Mg+2]. The van der Waals surface area contributed by atoms with E-state index in [9.17, 15) is 27.2 Å². The van der Waals surface area contributed by atoms with Gasteiger partial charge in [0.05, 0.1) is 11.1 Å². The molecule has 2 aromatic rings. The van der Waals surface area contributed by atoms with E-state index in [1.807, 2.05) is 7.05 Å². The van der Waals surface area contributed by atoms with Crippen molar-refractivity contribution in [1.82, 2.24) is 9.80 Å². The van der Waals surface area contributed by atoms with Gasteiger partial charge in [-0.3, -0.25) is 9.59 Å². The van der Waals surface area contributed by atoms with Gasteiger partial charge in [-0.1, -0.05) is 7.43 Å². The first-order valence-electron chi connectivity index (χ1n) is 11.3. The van der Waals surface area contributed by atoms with Crippen molar-refractivity contribution in [2.75, 3.05) is 40.3 Å². The molecule has 0 aliphatic carbocycles. The van der Waals surface area contributed by atoms with Crippen molar-refractivity contribution >= 4 is 35.1 Å². The van der Waals surface area contributed by atoms with Crippen LogP contribution in [0.2, 0.25) is 0 Å². The zero-order chi connectivity index (χ0) is 25.1. The van der Waals surface area contributed by atoms with Crippen LogP contribution >= 0.6 is 0 Å². The standard InChI is InChI=1S/C13H15F2NO.C7H4F2O.C6H12N.CH4.ClH.Mg/c1-16-6-4-9(5-7-16)13(17)11-3-2-10(14)8-12(11)15;8-6-2-1-5(4-10)7(9)3-6;1-7-5-3-2-4-6-7;;;/h2-3,8-9H,4-7H2,1H3;1-4H;2H,3-6H2,1H3;1H4;1H;/q;;-1;;;+2/p-1. The number of halogens is 5. The molecule has 0 spiro atoms. The average Bonchev–Trinajstić information content (AvgIpc) is 2.81. The summed E-state index contributed by atoms with van der Waals surface area (Å²) in [6, 6.07) is 5.94. The van der Waals surface area contributed by atoms with E-state index in [1.165, 1.54) is 32.0 Å². The molecule has 0 radical (unpaired) electrons. The van der Waals surface area contributed by atoms with Crippen LogP contribution in [0.4, 0.5) is 17.6 Å². The number of nitrogens with zero attached hydrogens (tertiary/aromatic N) is 2. The Kier molecular flexibility index (Phi) is 19.9. The molecule has 0 atom stereocenters. The Morgan fingerprint density at radius 3 is 1.78 bits per heavy atom. The molecule has 2 saturated heterocycles. The minimum atomic E-state index is -0.824. The number of Topliss-reactive ketones (excluding diaryl/α,β-unsaturated/α-hetero) is 1. The van der Waals surface area contributed by atoms with E-state index in [1.54, 1.807) is 0 Å². The number of benzene rings is 2. The number of likely N-dealkylation sites (tertiary alicyclic amines) is 2. The summed E-state index contributed by atoms with van der Waals surface area (Å²) in [7, 11) is 4.17. The monoisotopic (exact) mass is 554 g/mol. The van der Waals surface area contributed by atoms with Crippen LogP contribution in [0.25, 0.3) is 0 Å². The van der Waals surface area contributed by atoms with Gasteiger partial charge < -0.3 is 28.6 Å². The zero-order valence-corrected chi connectivity index (χ0v) is 22.8. The van der Waals surface area contributed by atoms with E-state index < -0.39 is 23.3 Å². The third-order valence-corrected chi connectivity index (χ3v) is 5.81. The predicted molar refractivity (Wildman–Crippen MR) is 136 cm³/mol. The molecule has 0 bridgehead atoms. The molecular weight excluding hydrogens is 520 g/mol. The van der Waals surface area contributed by atoms with Crippen molar-refractivity contribution in [3.8, 4) is 0 Å². The van der Waals surface area contributed by atoms with Crippen LogP contribution in [-0.2, 0) is 0 Å². The van der Waals surface area contributed by atoms with Crippen molar-refractivity contribution in [2.24, 2.45) is 5.92 Å². The Morgan fingerprint density at radius 1 is 0.865 bits per heavy atom. The second-order valence-electron chi connectivity index (χ2n) is 8.52. The maximum Gasteiger partial charge on any atom is 2.00 e. The molecule has 2 aliphatic rings. The van der Waals surface area contributed by atoms with Crippen LogP contribution in [0.15, 0.2) is 36.4 Å². The van der Waals surface area contributed by atoms with Gasteiger partial charge in [0.2, 0.25) is 0 Å². The van der Waals surface area contributed by atoms with Crippen molar-refractivity contribution < 1.29 is 39.6 Å². The molecule has 0 aromatic heterocycles. The van der Waals surface area contributed by atoms with Gasteiger partial charge in [-0.15, -0.1) is 0 Å². The predicted octanol–water partition coefficient (Wildman–Crippen LogP) is 2.44. The largest absolute Gasteiger partial charge is 2.00 e. The fraction of sp³-hybridized carbons (Fsp3) is 0.444. The van der Waals surface area contributed by atoms with Gasteiger partial charge in [-0.05, 0) is 77.4 Å². The minimum Gasteiger partial charge on any atom is -1.00 e. The minimum absolute atomic E-state index is 0. The number of ketones is 1. The normalized spacial score (nSPS) is 15.7. The molecular formula is C27H35ClF4MgN2O2. The molecule has 0 amide bonds. The summed E-state index contributed by atoms with van der Waals surface area (Å²) < 4.78 is 50.7. The van der Waals surface area contributed by atoms with Gasteiger partial charge in [-0.2, -0.15) is 12.8 Å². The Bertz CT molecular complexity index is 954. The average molecular weight is 555 g/mol. The van der Waals surface area contributed by atoms with E-state index >= 15 is 0 Å². The Hall–Kier alpha value is -1.52. The Morgan fingerprint density at radius 2 is 1.35 bits per heavy atom. The molecule has 202 valence electrons. The van der Waals surface area contributed by atoms with Crippen molar-refractivity contribution in [2.45, 2.75) is 33.1 Å². The quantitative estimate of drug-likeness (QED) is 0.192. The summed E-state index contributed by atoms with van der Waals surface area (Å²) in [5.41, 5.74) is -0.109. The number of aldehydes is 1. The molecule has 2 heterocycles. The number of carbonyl (C=O) groups is 2. The van der Waals surface area contributed by atoms with E-state index in [-0.39, 0.29) is 65.7 Å². The number of carbonyl (C=O) groups excluding carboxylic acids is 2. The fourth-order valence-electron chi connectivity index (χ4n) is 3.66. The number of hydrogen-bond donors (Lipinski definition) is 0. The summed E-state index contributed by atoms with van der Waals surface area (Å²) in [5, 5.41) is 0. The molecule has 0 unspecified atom stereocenters. The fourth-order valence-corrected chi connectivity index (χ4v) is 3.66. The van der Waals surface area contributed by atoms with E-state index in [0.717, 1.165) is 50.2 Å². The van der Waals surface area contributed by atoms with Crippen molar-refractivity contribution in [1.29, 1.82) is 0 Å². The van der Waals surface area contributed by atoms with E-state index in [0.29, 0.717) is 12.4 Å². The van der Waals surface area contributed by atoms with Crippen molar-refractivity contribution in [3.63, 3.8) is 0 Å². The maximum atomic E-state index is 13.5. The van der Waals surface area contributed by atoms with Gasteiger partial charge in [0.25, 0.3) is 0 Å². The van der Waals surface area contributed by atoms with Gasteiger partial charge in [0.1, 0.15) is 23.3 Å². The van der Waals surface area contributed by atoms with Gasteiger partial charge in [-0.25, -0.2) is 17.6 Å². The summed E-state index contributed by atoms with van der Waals surface area (Å²) >= 11 is 0. The molecule has 2 aromatic carbocycles. The Balaban J connectivity index is 0. The van der Waals surface area contributed by atoms with Crippen molar-refractivity contribution in [3.05, 3.63) is 77.2 Å². The first-order chi connectivity index (χ1) is 16.2. The van der Waals surface area contributed by atoms with Crippen LogP contribution < -0.4 is 12.4 Å². The number of hydrogen-bond acceptors (Lipinski definition) is 4. The maximum absolute atomic E-state index is 13.5. The van der Waals surface area contributed by atoms with E-state index in [2.05, 4.69) is 23.3 Å². The topological polar surface area (TPSA) is 40.6 Å².